The van der Waals surface area contributed by atoms with Gasteiger partial charge in [-0.2, -0.15) is 0 Å². The Morgan fingerprint density at radius 3 is 2.64 bits per heavy atom. The standard InChI is InChI=1S/C18H16BrN3O2S/c1-2-22-16(13-6-8-15(19)9-7-13)20-21-18(22)25-11-12-4-3-5-14(10-12)17(23)24/h3-10H,2,11H2,1H3,(H,23,24). The lowest BCUT2D eigenvalue weighted by molar-refractivity contribution is 0.0697. The minimum Gasteiger partial charge on any atom is -0.478 e. The number of hydrogen-bond acceptors (Lipinski definition) is 4. The lowest BCUT2D eigenvalue weighted by Crippen LogP contribution is -2.00. The fourth-order valence-electron chi connectivity index (χ4n) is 2.44. The smallest absolute Gasteiger partial charge is 0.335 e. The summed E-state index contributed by atoms with van der Waals surface area (Å²) >= 11 is 4.99. The number of rotatable bonds is 6. The van der Waals surface area contributed by atoms with E-state index in [9.17, 15) is 4.79 Å². The van der Waals surface area contributed by atoms with Crippen LogP contribution in [0, 0.1) is 0 Å². The van der Waals surface area contributed by atoms with Gasteiger partial charge in [0.25, 0.3) is 0 Å². The van der Waals surface area contributed by atoms with Gasteiger partial charge in [0.15, 0.2) is 11.0 Å². The van der Waals surface area contributed by atoms with Gasteiger partial charge in [-0.25, -0.2) is 4.79 Å². The molecule has 25 heavy (non-hydrogen) atoms. The Labute approximate surface area is 158 Å². The Balaban J connectivity index is 1.80. The van der Waals surface area contributed by atoms with Gasteiger partial charge >= 0.3 is 5.97 Å². The fourth-order valence-corrected chi connectivity index (χ4v) is 3.64. The molecule has 0 atom stereocenters. The number of carboxylic acids is 1. The highest BCUT2D eigenvalue weighted by Gasteiger charge is 2.13. The predicted octanol–water partition coefficient (Wildman–Crippen LogP) is 4.72. The van der Waals surface area contributed by atoms with Crippen LogP contribution in [0.15, 0.2) is 58.2 Å². The molecule has 3 rings (SSSR count). The van der Waals surface area contributed by atoms with E-state index in [4.69, 9.17) is 5.11 Å². The summed E-state index contributed by atoms with van der Waals surface area (Å²) in [4.78, 5) is 11.1. The molecular formula is C18H16BrN3O2S. The number of carboxylic acid groups (broad SMARTS) is 1. The molecule has 128 valence electrons. The van der Waals surface area contributed by atoms with Crippen LogP contribution in [0.1, 0.15) is 22.8 Å². The third-order valence-electron chi connectivity index (χ3n) is 3.68. The first kappa shape index (κ1) is 17.7. The third kappa shape index (κ3) is 4.11. The Kier molecular flexibility index (Phi) is 5.55. The van der Waals surface area contributed by atoms with E-state index < -0.39 is 5.97 Å². The van der Waals surface area contributed by atoms with Crippen LogP contribution in [0.4, 0.5) is 0 Å². The van der Waals surface area contributed by atoms with Crippen molar-refractivity contribution in [1.29, 1.82) is 0 Å². The molecule has 1 aromatic heterocycles. The molecule has 1 N–H and O–H groups in total. The van der Waals surface area contributed by atoms with Gasteiger partial charge in [0.1, 0.15) is 0 Å². The molecule has 0 amide bonds. The highest BCUT2D eigenvalue weighted by atomic mass is 79.9. The maximum Gasteiger partial charge on any atom is 0.335 e. The van der Waals surface area contributed by atoms with Crippen LogP contribution in [-0.2, 0) is 12.3 Å². The molecule has 0 aliphatic rings. The first-order valence-electron chi connectivity index (χ1n) is 7.72. The molecule has 2 aromatic carbocycles. The van der Waals surface area contributed by atoms with Crippen LogP contribution >= 0.6 is 27.7 Å². The minimum absolute atomic E-state index is 0.297. The Bertz CT molecular complexity index is 894. The van der Waals surface area contributed by atoms with Crippen molar-refractivity contribution in [2.45, 2.75) is 24.4 Å². The molecule has 1 heterocycles. The number of hydrogen-bond donors (Lipinski definition) is 1. The van der Waals surface area contributed by atoms with Gasteiger partial charge in [0.2, 0.25) is 0 Å². The summed E-state index contributed by atoms with van der Waals surface area (Å²) in [5.41, 5.74) is 2.25. The van der Waals surface area contributed by atoms with Crippen LogP contribution in [0.3, 0.4) is 0 Å². The zero-order chi connectivity index (χ0) is 17.8. The van der Waals surface area contributed by atoms with Gasteiger partial charge in [-0.1, -0.05) is 52.0 Å². The molecule has 0 saturated heterocycles. The average molecular weight is 418 g/mol. The van der Waals surface area contributed by atoms with Crippen molar-refractivity contribution in [3.05, 3.63) is 64.1 Å². The number of carbonyl (C=O) groups is 1. The monoisotopic (exact) mass is 417 g/mol. The van der Waals surface area contributed by atoms with Crippen molar-refractivity contribution >= 4 is 33.7 Å². The predicted molar refractivity (Wildman–Crippen MR) is 102 cm³/mol. The minimum atomic E-state index is -0.916. The molecule has 0 spiro atoms. The van der Waals surface area contributed by atoms with E-state index in [1.54, 1.807) is 30.0 Å². The third-order valence-corrected chi connectivity index (χ3v) is 5.24. The summed E-state index contributed by atoms with van der Waals surface area (Å²) < 4.78 is 3.08. The first-order chi connectivity index (χ1) is 12.1. The second-order valence-electron chi connectivity index (χ2n) is 5.35. The van der Waals surface area contributed by atoms with E-state index in [0.717, 1.165) is 33.1 Å². The fraction of sp³-hybridized carbons (Fsp3) is 0.167. The summed E-state index contributed by atoms with van der Waals surface area (Å²) in [6.07, 6.45) is 0. The molecule has 3 aromatic rings. The van der Waals surface area contributed by atoms with E-state index in [0.29, 0.717) is 11.3 Å². The molecule has 0 radical (unpaired) electrons. The number of benzene rings is 2. The summed E-state index contributed by atoms with van der Waals surface area (Å²) in [7, 11) is 0. The highest BCUT2D eigenvalue weighted by molar-refractivity contribution is 9.10. The number of nitrogens with zero attached hydrogens (tertiary/aromatic N) is 3. The normalized spacial score (nSPS) is 10.8. The Hall–Kier alpha value is -2.12. The maximum atomic E-state index is 11.1. The van der Waals surface area contributed by atoms with Gasteiger partial charge in [0, 0.05) is 22.3 Å². The zero-order valence-corrected chi connectivity index (χ0v) is 15.9. The molecule has 0 bridgehead atoms. The van der Waals surface area contributed by atoms with E-state index in [-0.39, 0.29) is 0 Å². The molecule has 0 aliphatic carbocycles. The van der Waals surface area contributed by atoms with E-state index in [2.05, 4.69) is 37.6 Å². The van der Waals surface area contributed by atoms with Crippen molar-refractivity contribution in [1.82, 2.24) is 14.8 Å². The lowest BCUT2D eigenvalue weighted by Gasteiger charge is -2.08. The zero-order valence-electron chi connectivity index (χ0n) is 13.5. The van der Waals surface area contributed by atoms with Crippen LogP contribution < -0.4 is 0 Å². The number of halogens is 1. The van der Waals surface area contributed by atoms with Gasteiger partial charge in [-0.3, -0.25) is 0 Å². The molecule has 0 unspecified atom stereocenters. The van der Waals surface area contributed by atoms with Crippen LogP contribution in [0.5, 0.6) is 0 Å². The van der Waals surface area contributed by atoms with E-state index in [1.807, 2.05) is 30.3 Å². The quantitative estimate of drug-likeness (QED) is 0.587. The maximum absolute atomic E-state index is 11.1. The topological polar surface area (TPSA) is 68.0 Å². The van der Waals surface area contributed by atoms with Gasteiger partial charge in [-0.05, 0) is 36.8 Å². The number of thioether (sulfide) groups is 1. The Morgan fingerprint density at radius 2 is 1.96 bits per heavy atom. The van der Waals surface area contributed by atoms with Crippen molar-refractivity contribution in [2.24, 2.45) is 0 Å². The van der Waals surface area contributed by atoms with Crippen LogP contribution in [0.25, 0.3) is 11.4 Å². The average Bonchev–Trinajstić information content (AvgIpc) is 3.03. The summed E-state index contributed by atoms with van der Waals surface area (Å²) in [6.45, 7) is 2.82. The van der Waals surface area contributed by atoms with E-state index in [1.165, 1.54) is 0 Å². The largest absolute Gasteiger partial charge is 0.478 e. The van der Waals surface area contributed by atoms with E-state index >= 15 is 0 Å². The number of aromatic carboxylic acids is 1. The molecule has 7 heteroatoms. The number of aromatic nitrogens is 3. The second kappa shape index (κ2) is 7.84. The summed E-state index contributed by atoms with van der Waals surface area (Å²) in [6, 6.07) is 14.9. The van der Waals surface area contributed by atoms with Crippen LogP contribution in [0.2, 0.25) is 0 Å². The van der Waals surface area contributed by atoms with Gasteiger partial charge in [0.05, 0.1) is 5.56 Å². The summed E-state index contributed by atoms with van der Waals surface area (Å²) in [5, 5.41) is 18.5. The van der Waals surface area contributed by atoms with Crippen molar-refractivity contribution in [2.75, 3.05) is 0 Å². The lowest BCUT2D eigenvalue weighted by atomic mass is 10.1. The van der Waals surface area contributed by atoms with Crippen molar-refractivity contribution in [3.63, 3.8) is 0 Å². The molecule has 0 saturated carbocycles. The van der Waals surface area contributed by atoms with Gasteiger partial charge in [-0.15, -0.1) is 10.2 Å². The highest BCUT2D eigenvalue weighted by Crippen LogP contribution is 2.27. The molecule has 0 fully saturated rings. The van der Waals surface area contributed by atoms with Crippen LogP contribution in [-0.4, -0.2) is 25.8 Å². The SMILES string of the molecule is CCn1c(SCc2cccc(C(=O)O)c2)nnc1-c1ccc(Br)cc1. The van der Waals surface area contributed by atoms with Crippen molar-refractivity contribution in [3.8, 4) is 11.4 Å². The molecule has 0 aliphatic heterocycles. The molecular weight excluding hydrogens is 402 g/mol. The van der Waals surface area contributed by atoms with Gasteiger partial charge < -0.3 is 9.67 Å². The molecule has 5 nitrogen and oxygen atoms in total. The first-order valence-corrected chi connectivity index (χ1v) is 9.50. The van der Waals surface area contributed by atoms with Crippen molar-refractivity contribution < 1.29 is 9.90 Å². The second-order valence-corrected chi connectivity index (χ2v) is 7.21. The Morgan fingerprint density at radius 1 is 1.20 bits per heavy atom. The summed E-state index contributed by atoms with van der Waals surface area (Å²) in [5.74, 6) is 0.553.